The van der Waals surface area contributed by atoms with Crippen LogP contribution in [0.15, 0.2) is 0 Å². The van der Waals surface area contributed by atoms with Crippen LogP contribution in [0.5, 0.6) is 0 Å². The van der Waals surface area contributed by atoms with E-state index in [1.54, 1.807) is 0 Å². The summed E-state index contributed by atoms with van der Waals surface area (Å²) in [6, 6.07) is -0.155. The maximum Gasteiger partial charge on any atom is 0.270 e. The molecule has 3 atom stereocenters. The van der Waals surface area contributed by atoms with Crippen LogP contribution in [-0.4, -0.2) is 35.5 Å². The van der Waals surface area contributed by atoms with Gasteiger partial charge < -0.3 is 10.8 Å². The molecule has 12 heavy (non-hydrogen) atoms. The van der Waals surface area contributed by atoms with Crippen LogP contribution in [0.25, 0.3) is 0 Å². The maximum absolute atomic E-state index is 10.7. The normalized spacial score (nSPS) is 38.1. The molecule has 0 radical (unpaired) electrons. The molecular formula is C6H13NO4S. The van der Waals surface area contributed by atoms with E-state index in [-0.39, 0.29) is 18.9 Å². The molecule has 0 aromatic heterocycles. The summed E-state index contributed by atoms with van der Waals surface area (Å²) in [5.74, 6) is 0. The molecule has 1 fully saturated rings. The smallest absolute Gasteiger partial charge is 0.270 e. The SMILES string of the molecule is NC1CCC(S(=O)(=O)O)C(O)C1. The zero-order valence-corrected chi connectivity index (χ0v) is 7.37. The van der Waals surface area contributed by atoms with Crippen LogP contribution in [0.3, 0.4) is 0 Å². The minimum atomic E-state index is -4.10. The fraction of sp³-hybridized carbons (Fsp3) is 1.00. The van der Waals surface area contributed by atoms with Crippen LogP contribution in [-0.2, 0) is 10.1 Å². The highest BCUT2D eigenvalue weighted by Crippen LogP contribution is 2.22. The molecule has 0 saturated heterocycles. The van der Waals surface area contributed by atoms with Crippen molar-refractivity contribution in [3.8, 4) is 0 Å². The van der Waals surface area contributed by atoms with Crippen LogP contribution in [0, 0.1) is 0 Å². The predicted octanol–water partition coefficient (Wildman–Crippen LogP) is -0.885. The van der Waals surface area contributed by atoms with Crippen molar-refractivity contribution in [3.05, 3.63) is 0 Å². The van der Waals surface area contributed by atoms with Crippen LogP contribution in [0.2, 0.25) is 0 Å². The molecule has 3 unspecified atom stereocenters. The third-order valence-electron chi connectivity index (χ3n) is 2.18. The Labute approximate surface area is 71.3 Å². The Morgan fingerprint density at radius 2 is 1.92 bits per heavy atom. The van der Waals surface area contributed by atoms with E-state index in [0.717, 1.165) is 0 Å². The highest BCUT2D eigenvalue weighted by atomic mass is 32.2. The molecule has 0 bridgehead atoms. The number of nitrogens with two attached hydrogens (primary N) is 1. The molecule has 1 aliphatic rings. The third-order valence-corrected chi connectivity index (χ3v) is 3.49. The average molecular weight is 195 g/mol. The molecule has 0 heterocycles. The number of hydrogen-bond donors (Lipinski definition) is 3. The Hall–Kier alpha value is -0.170. The lowest BCUT2D eigenvalue weighted by Crippen LogP contribution is -2.43. The van der Waals surface area contributed by atoms with Crippen molar-refractivity contribution < 1.29 is 18.1 Å². The predicted molar refractivity (Wildman–Crippen MR) is 43.2 cm³/mol. The minimum Gasteiger partial charge on any atom is -0.392 e. The number of hydrogen-bond acceptors (Lipinski definition) is 4. The molecule has 0 amide bonds. The van der Waals surface area contributed by atoms with Gasteiger partial charge in [-0.15, -0.1) is 0 Å². The molecule has 4 N–H and O–H groups in total. The van der Waals surface area contributed by atoms with Gasteiger partial charge in [0.05, 0.1) is 6.10 Å². The fourth-order valence-corrected chi connectivity index (χ4v) is 2.44. The second kappa shape index (κ2) is 3.29. The lowest BCUT2D eigenvalue weighted by Gasteiger charge is -2.28. The summed E-state index contributed by atoms with van der Waals surface area (Å²) in [7, 11) is -4.10. The summed E-state index contributed by atoms with van der Waals surface area (Å²) < 4.78 is 30.0. The topological polar surface area (TPSA) is 101 Å². The zero-order chi connectivity index (χ0) is 9.35. The first-order valence-electron chi connectivity index (χ1n) is 3.81. The lowest BCUT2D eigenvalue weighted by molar-refractivity contribution is 0.120. The van der Waals surface area contributed by atoms with Gasteiger partial charge in [0, 0.05) is 6.04 Å². The standard InChI is InChI=1S/C6H13NO4S/c7-4-1-2-6(5(8)3-4)12(9,10)11/h4-6,8H,1-3,7H2,(H,9,10,11). The van der Waals surface area contributed by atoms with E-state index in [2.05, 4.69) is 0 Å². The van der Waals surface area contributed by atoms with E-state index >= 15 is 0 Å². The van der Waals surface area contributed by atoms with Crippen molar-refractivity contribution in [2.75, 3.05) is 0 Å². The van der Waals surface area contributed by atoms with Crippen molar-refractivity contribution in [1.29, 1.82) is 0 Å². The Kier molecular flexibility index (Phi) is 2.72. The van der Waals surface area contributed by atoms with Crippen molar-refractivity contribution >= 4 is 10.1 Å². The molecule has 1 rings (SSSR count). The van der Waals surface area contributed by atoms with Crippen LogP contribution in [0.1, 0.15) is 19.3 Å². The molecule has 0 aliphatic heterocycles. The van der Waals surface area contributed by atoms with Gasteiger partial charge in [-0.1, -0.05) is 0 Å². The maximum atomic E-state index is 10.7. The molecule has 5 nitrogen and oxygen atoms in total. The minimum absolute atomic E-state index is 0.155. The van der Waals surface area contributed by atoms with E-state index in [9.17, 15) is 13.5 Å². The quantitative estimate of drug-likeness (QED) is 0.471. The Morgan fingerprint density at radius 3 is 2.33 bits per heavy atom. The fourth-order valence-electron chi connectivity index (χ4n) is 1.50. The van der Waals surface area contributed by atoms with Gasteiger partial charge >= 0.3 is 0 Å². The largest absolute Gasteiger partial charge is 0.392 e. The van der Waals surface area contributed by atoms with Crippen LogP contribution < -0.4 is 5.73 Å². The molecule has 0 aromatic rings. The summed E-state index contributed by atoms with van der Waals surface area (Å²) in [6.45, 7) is 0. The van der Waals surface area contributed by atoms with Crippen LogP contribution >= 0.6 is 0 Å². The average Bonchev–Trinajstić information content (AvgIpc) is 1.83. The van der Waals surface area contributed by atoms with Gasteiger partial charge in [-0.05, 0) is 19.3 Å². The van der Waals surface area contributed by atoms with Gasteiger partial charge in [-0.2, -0.15) is 8.42 Å². The Bertz CT molecular complexity index is 250. The van der Waals surface area contributed by atoms with Crippen molar-refractivity contribution in [1.82, 2.24) is 0 Å². The second-order valence-corrected chi connectivity index (χ2v) is 4.83. The van der Waals surface area contributed by atoms with Crippen molar-refractivity contribution in [3.63, 3.8) is 0 Å². The highest BCUT2D eigenvalue weighted by molar-refractivity contribution is 7.86. The Balaban J connectivity index is 2.69. The van der Waals surface area contributed by atoms with Gasteiger partial charge in [-0.3, -0.25) is 4.55 Å². The Morgan fingerprint density at radius 1 is 1.33 bits per heavy atom. The van der Waals surface area contributed by atoms with E-state index in [1.807, 2.05) is 0 Å². The first kappa shape index (κ1) is 9.91. The van der Waals surface area contributed by atoms with E-state index in [1.165, 1.54) is 0 Å². The highest BCUT2D eigenvalue weighted by Gasteiger charge is 2.35. The van der Waals surface area contributed by atoms with Gasteiger partial charge in [0.1, 0.15) is 5.25 Å². The van der Waals surface area contributed by atoms with Gasteiger partial charge in [0.15, 0.2) is 0 Å². The lowest BCUT2D eigenvalue weighted by atomic mass is 9.93. The summed E-state index contributed by atoms with van der Waals surface area (Å²) in [5, 5.41) is 8.21. The van der Waals surface area contributed by atoms with Gasteiger partial charge in [0.25, 0.3) is 10.1 Å². The second-order valence-electron chi connectivity index (χ2n) is 3.19. The summed E-state index contributed by atoms with van der Waals surface area (Å²) >= 11 is 0. The van der Waals surface area contributed by atoms with E-state index < -0.39 is 21.5 Å². The first-order chi connectivity index (χ1) is 5.41. The summed E-state index contributed by atoms with van der Waals surface area (Å²) in [5.41, 5.74) is 5.49. The third kappa shape index (κ3) is 2.16. The van der Waals surface area contributed by atoms with Gasteiger partial charge in [0.2, 0.25) is 0 Å². The molecule has 1 saturated carbocycles. The van der Waals surface area contributed by atoms with Gasteiger partial charge in [-0.25, -0.2) is 0 Å². The molecule has 72 valence electrons. The van der Waals surface area contributed by atoms with Crippen LogP contribution in [0.4, 0.5) is 0 Å². The first-order valence-corrected chi connectivity index (χ1v) is 5.31. The molecule has 1 aliphatic carbocycles. The molecular weight excluding hydrogens is 182 g/mol. The van der Waals surface area contributed by atoms with Crippen molar-refractivity contribution in [2.45, 2.75) is 36.7 Å². The van der Waals surface area contributed by atoms with E-state index in [4.69, 9.17) is 10.3 Å². The molecule has 6 heteroatoms. The molecule has 0 spiro atoms. The molecule has 0 aromatic carbocycles. The van der Waals surface area contributed by atoms with E-state index in [0.29, 0.717) is 6.42 Å². The monoisotopic (exact) mass is 195 g/mol. The van der Waals surface area contributed by atoms with Crippen molar-refractivity contribution in [2.24, 2.45) is 5.73 Å². The summed E-state index contributed by atoms with van der Waals surface area (Å²) in [6.07, 6.45) is -0.0172. The number of aliphatic hydroxyl groups excluding tert-OH is 1. The number of aliphatic hydroxyl groups is 1. The summed E-state index contributed by atoms with van der Waals surface area (Å²) in [4.78, 5) is 0. The number of rotatable bonds is 1. The zero-order valence-electron chi connectivity index (χ0n) is 6.55.